The molecule has 2 aromatic carbocycles. The van der Waals surface area contributed by atoms with Gasteiger partial charge >= 0.3 is 20.6 Å². The lowest BCUT2D eigenvalue weighted by molar-refractivity contribution is -0.146. The average molecular weight is 895 g/mol. The van der Waals surface area contributed by atoms with Crippen LogP contribution in [0.25, 0.3) is 11.2 Å². The van der Waals surface area contributed by atoms with Crippen molar-refractivity contribution >= 4 is 60.6 Å². The number of imidazole rings is 1. The Hall–Kier alpha value is -4.67. The number of phosphoric ester groups is 1. The van der Waals surface area contributed by atoms with Crippen LogP contribution in [0.3, 0.4) is 0 Å². The maximum Gasteiger partial charge on any atom is 0.472 e. The Morgan fingerprint density at radius 3 is 2.38 bits per heavy atom. The first-order valence-corrected chi connectivity index (χ1v) is 22.6. The molecule has 6 heterocycles. The summed E-state index contributed by atoms with van der Waals surface area (Å²) in [6.07, 6.45) is -11.1. The SMILES string of the molecule is COc1ccc(C(=O)Oc2ccc(CS[P@]3(=O)OC[C@H]4O[C@@H](N5C=CC(=O)CC5=O)[C@H](F)[C@@H]4OP(=O)(O)OC[C@H]4O[C@@H](n5cnc6c(N)ncnc65)[C@H](O3)[C@@H]4F)cc2)cc1. The lowest BCUT2D eigenvalue weighted by atomic mass is 10.1. The summed E-state index contributed by atoms with van der Waals surface area (Å²) in [6.45, 7) is -6.45. The van der Waals surface area contributed by atoms with Crippen LogP contribution in [0.1, 0.15) is 28.6 Å². The highest BCUT2D eigenvalue weighted by Gasteiger charge is 2.56. The highest BCUT2D eigenvalue weighted by molar-refractivity contribution is 8.54. The minimum Gasteiger partial charge on any atom is -0.497 e. The number of carbonyl (C=O) groups excluding carboxylic acids is 3. The number of allylic oxidation sites excluding steroid dienone is 1. The second-order valence-electron chi connectivity index (χ2n) is 13.5. The number of halogens is 2. The molecule has 3 N–H and O–H groups in total. The van der Waals surface area contributed by atoms with Gasteiger partial charge in [-0.15, -0.1) is 0 Å². The molecule has 4 aromatic rings. The molecule has 0 radical (unpaired) electrons. The van der Waals surface area contributed by atoms with Crippen molar-refractivity contribution in [3.8, 4) is 11.5 Å². The van der Waals surface area contributed by atoms with Gasteiger partial charge in [0.05, 0.1) is 38.6 Å². The van der Waals surface area contributed by atoms with Crippen LogP contribution in [0, 0.1) is 0 Å². The number of amides is 1. The first-order chi connectivity index (χ1) is 28.7. The number of nitrogens with zero attached hydrogens (tertiary/aromatic N) is 5. The van der Waals surface area contributed by atoms with Gasteiger partial charge in [0.25, 0.3) is 0 Å². The minimum atomic E-state index is -5.26. The predicted octanol–water partition coefficient (Wildman–Crippen LogP) is 4.21. The monoisotopic (exact) mass is 894 g/mol. The number of alkyl halides is 2. The van der Waals surface area contributed by atoms with Gasteiger partial charge in [0.2, 0.25) is 5.91 Å². The third-order valence-electron chi connectivity index (χ3n) is 9.65. The molecule has 3 saturated heterocycles. The van der Waals surface area contributed by atoms with Gasteiger partial charge < -0.3 is 29.6 Å². The van der Waals surface area contributed by atoms with Gasteiger partial charge in [0, 0.05) is 12.0 Å². The van der Waals surface area contributed by atoms with E-state index in [0.717, 1.165) is 23.5 Å². The Kier molecular flexibility index (Phi) is 11.9. The smallest absolute Gasteiger partial charge is 0.472 e. The molecule has 20 nitrogen and oxygen atoms in total. The van der Waals surface area contributed by atoms with E-state index in [4.69, 9.17) is 42.8 Å². The Morgan fingerprint density at radius 2 is 1.65 bits per heavy atom. The largest absolute Gasteiger partial charge is 0.497 e. The molecular weight excluding hydrogens is 860 g/mol. The van der Waals surface area contributed by atoms with E-state index in [1.807, 2.05) is 0 Å². The lowest BCUT2D eigenvalue weighted by Gasteiger charge is -2.28. The quantitative estimate of drug-likeness (QED) is 0.109. The molecule has 8 rings (SSSR count). The first-order valence-electron chi connectivity index (χ1n) is 17.9. The van der Waals surface area contributed by atoms with Gasteiger partial charge in [-0.1, -0.05) is 12.1 Å². The second kappa shape index (κ2) is 17.0. The zero-order chi connectivity index (χ0) is 42.3. The van der Waals surface area contributed by atoms with Crippen LogP contribution in [-0.4, -0.2) is 110 Å². The number of hydrogen-bond acceptors (Lipinski definition) is 18. The summed E-state index contributed by atoms with van der Waals surface area (Å²) >= 11 is 0.598. The number of benzene rings is 2. The Morgan fingerprint density at radius 1 is 0.933 bits per heavy atom. The van der Waals surface area contributed by atoms with Crippen LogP contribution >= 0.6 is 26.0 Å². The number of hydrogen-bond donors (Lipinski definition) is 2. The van der Waals surface area contributed by atoms with E-state index in [-0.39, 0.29) is 34.0 Å². The fourth-order valence-corrected chi connectivity index (χ4v) is 10.9. The number of nitrogens with two attached hydrogens (primary N) is 1. The predicted molar refractivity (Wildman–Crippen MR) is 202 cm³/mol. The zero-order valence-electron chi connectivity index (χ0n) is 31.0. The number of fused-ring (bicyclic) bond motifs is 4. The maximum atomic E-state index is 16.5. The lowest BCUT2D eigenvalue weighted by Crippen LogP contribution is -2.44. The van der Waals surface area contributed by atoms with Crippen LogP contribution in [0.2, 0.25) is 0 Å². The van der Waals surface area contributed by atoms with Gasteiger partial charge in [0.15, 0.2) is 42.0 Å². The number of nitrogen functional groups attached to an aromatic ring is 1. The molecule has 4 aliphatic heterocycles. The van der Waals surface area contributed by atoms with Crippen LogP contribution in [0.15, 0.2) is 73.5 Å². The number of esters is 1. The number of ketones is 1. The van der Waals surface area contributed by atoms with E-state index in [9.17, 15) is 28.4 Å². The van der Waals surface area contributed by atoms with Gasteiger partial charge in [-0.2, -0.15) is 0 Å². The molecule has 60 heavy (non-hydrogen) atoms. The van der Waals surface area contributed by atoms with E-state index < -0.39 is 101 Å². The van der Waals surface area contributed by atoms with Crippen molar-refractivity contribution < 1.29 is 74.2 Å². The summed E-state index contributed by atoms with van der Waals surface area (Å²) in [5.41, 5.74) is 6.95. The summed E-state index contributed by atoms with van der Waals surface area (Å²) in [4.78, 5) is 61.0. The third-order valence-corrected chi connectivity index (χ3v) is 14.3. The number of carbonyl (C=O) groups is 3. The van der Waals surface area contributed by atoms with E-state index in [1.54, 1.807) is 24.3 Å². The molecular formula is C35H34F2N6O14P2S. The molecule has 1 amide bonds. The Balaban J connectivity index is 1.08. The number of phosphoric acid groups is 1. The van der Waals surface area contributed by atoms with Crippen LogP contribution < -0.4 is 15.2 Å². The van der Waals surface area contributed by atoms with Crippen molar-refractivity contribution in [2.45, 2.75) is 61.4 Å². The fraction of sp³-hybridized carbons (Fsp3) is 0.371. The number of methoxy groups -OCH3 is 1. The summed E-state index contributed by atoms with van der Waals surface area (Å²) in [7, 11) is -3.77. The van der Waals surface area contributed by atoms with E-state index in [2.05, 4.69) is 15.0 Å². The molecule has 25 heteroatoms. The van der Waals surface area contributed by atoms with Gasteiger partial charge in [0.1, 0.15) is 47.8 Å². The van der Waals surface area contributed by atoms with Crippen molar-refractivity contribution in [2.75, 3.05) is 26.1 Å². The normalized spacial score (nSPS) is 32.2. The highest BCUT2D eigenvalue weighted by atomic mass is 32.7. The Labute approximate surface area is 342 Å². The highest BCUT2D eigenvalue weighted by Crippen LogP contribution is 2.65. The molecule has 1 unspecified atom stereocenters. The maximum absolute atomic E-state index is 16.5. The van der Waals surface area contributed by atoms with Crippen molar-refractivity contribution in [3.05, 3.63) is 84.6 Å². The second-order valence-corrected chi connectivity index (χ2v) is 19.0. The Bertz CT molecular complexity index is 2410. The number of rotatable bonds is 8. The number of ether oxygens (including phenoxy) is 4. The molecule has 10 atom stereocenters. The molecule has 2 bridgehead atoms. The minimum absolute atomic E-state index is 0.0126. The van der Waals surface area contributed by atoms with Gasteiger partial charge in [-0.3, -0.25) is 37.2 Å². The number of aromatic nitrogens is 4. The van der Waals surface area contributed by atoms with Crippen molar-refractivity contribution in [3.63, 3.8) is 0 Å². The molecule has 2 aromatic heterocycles. The molecule has 0 aliphatic carbocycles. The summed E-state index contributed by atoms with van der Waals surface area (Å²) in [6, 6.07) is 12.4. The van der Waals surface area contributed by atoms with Gasteiger partial charge in [-0.25, -0.2) is 37.7 Å². The first kappa shape index (κ1) is 42.0. The molecule has 0 spiro atoms. The van der Waals surface area contributed by atoms with Crippen molar-refractivity contribution in [1.29, 1.82) is 0 Å². The molecule has 3 fully saturated rings. The average Bonchev–Trinajstić information content (AvgIpc) is 3.89. The summed E-state index contributed by atoms with van der Waals surface area (Å²) in [5.74, 6) is -1.38. The van der Waals surface area contributed by atoms with Crippen molar-refractivity contribution in [1.82, 2.24) is 24.4 Å². The van der Waals surface area contributed by atoms with Gasteiger partial charge in [-0.05, 0) is 59.4 Å². The standard InChI is InChI=1S/C35H34F2N6O14P2S/c1-50-21-8-4-19(5-9-21)35(46)53-22-6-2-18(3-7-22)15-60-59(49)52-14-24-29(27(37)33(55-24)42-11-10-20(44)12-25(42)45)56-58(47,48)51-13-23-26(36)30(57-59)34(54-23)43-17-41-28-31(38)39-16-40-32(28)43/h2-11,16-17,23-24,26-27,29-30,33-34H,12-15H2,1H3,(H,47,48)(H2,38,39,40)/t23-,24-,26-,27-,29-,30-,33-,34-,59-/m1/s1. The van der Waals surface area contributed by atoms with Crippen LogP contribution in [-0.2, 0) is 52.0 Å². The summed E-state index contributed by atoms with van der Waals surface area (Å²) < 4.78 is 107. The number of anilines is 1. The zero-order valence-corrected chi connectivity index (χ0v) is 33.6. The molecule has 318 valence electrons. The van der Waals surface area contributed by atoms with E-state index in [0.29, 0.717) is 22.7 Å². The van der Waals surface area contributed by atoms with Crippen molar-refractivity contribution in [2.24, 2.45) is 0 Å². The molecule has 4 aliphatic rings. The molecule has 0 saturated carbocycles. The fourth-order valence-electron chi connectivity index (χ4n) is 6.64. The van der Waals surface area contributed by atoms with E-state index in [1.165, 1.54) is 42.3 Å². The van der Waals surface area contributed by atoms with E-state index >= 15 is 8.78 Å². The summed E-state index contributed by atoms with van der Waals surface area (Å²) in [5, 5.41) is 0. The third kappa shape index (κ3) is 8.73. The van der Waals surface area contributed by atoms with Crippen LogP contribution in [0.4, 0.5) is 14.6 Å². The topological polar surface area (TPSA) is 252 Å². The van der Waals surface area contributed by atoms with Crippen LogP contribution in [0.5, 0.6) is 11.5 Å².